The van der Waals surface area contributed by atoms with Gasteiger partial charge in [0.2, 0.25) is 0 Å². The van der Waals surface area contributed by atoms with Gasteiger partial charge in [0.25, 0.3) is 5.91 Å². The molecule has 4 rings (SSSR count). The van der Waals surface area contributed by atoms with Gasteiger partial charge in [-0.25, -0.2) is 9.59 Å². The molecule has 1 atom stereocenters. The Morgan fingerprint density at radius 2 is 1.71 bits per heavy atom. The number of nitrogens with one attached hydrogen (secondary N) is 2. The average molecular weight is 464 g/mol. The lowest BCUT2D eigenvalue weighted by Crippen LogP contribution is -2.47. The number of amides is 2. The molecule has 0 fully saturated rings. The van der Waals surface area contributed by atoms with Crippen molar-refractivity contribution in [3.05, 3.63) is 71.4 Å². The number of carboxylic acid groups (broad SMARTS) is 1. The van der Waals surface area contributed by atoms with E-state index in [0.29, 0.717) is 0 Å². The molecule has 2 amide bonds. The van der Waals surface area contributed by atoms with E-state index in [0.717, 1.165) is 22.3 Å². The summed E-state index contributed by atoms with van der Waals surface area (Å²) in [6, 6.07) is 16.1. The smallest absolute Gasteiger partial charge is 0.407 e. The molecule has 1 heterocycles. The number of anilines is 1. The summed E-state index contributed by atoms with van der Waals surface area (Å²) in [5.41, 5.74) is 4.16. The Kier molecular flexibility index (Phi) is 6.60. The molecule has 0 saturated heterocycles. The summed E-state index contributed by atoms with van der Waals surface area (Å²) in [6.07, 6.45) is -0.768. The second kappa shape index (κ2) is 9.75. The number of aryl methyl sites for hydroxylation is 1. The van der Waals surface area contributed by atoms with Crippen molar-refractivity contribution < 1.29 is 29.0 Å². The highest BCUT2D eigenvalue weighted by Gasteiger charge is 2.30. The molecule has 0 spiro atoms. The summed E-state index contributed by atoms with van der Waals surface area (Å²) in [5.74, 6) is -1.77. The van der Waals surface area contributed by atoms with Gasteiger partial charge in [-0.3, -0.25) is 9.48 Å². The molecule has 2 aromatic carbocycles. The van der Waals surface area contributed by atoms with Gasteiger partial charge in [-0.15, -0.1) is 0 Å². The number of aromatic carboxylic acids is 1. The van der Waals surface area contributed by atoms with E-state index in [-0.39, 0.29) is 30.6 Å². The number of nitrogens with zero attached hydrogens (tertiary/aromatic N) is 2. The molecule has 0 aliphatic heterocycles. The number of hydrogen-bond acceptors (Lipinski definition) is 6. The molecule has 0 unspecified atom stereocenters. The highest BCUT2D eigenvalue weighted by Crippen LogP contribution is 2.44. The zero-order chi connectivity index (χ0) is 24.2. The molecule has 1 aliphatic carbocycles. The van der Waals surface area contributed by atoms with Crippen LogP contribution in [0.15, 0.2) is 54.6 Å². The predicted octanol–water partition coefficient (Wildman–Crippen LogP) is 2.61. The van der Waals surface area contributed by atoms with Crippen molar-refractivity contribution in [3.63, 3.8) is 0 Å². The third-order valence-electron chi connectivity index (χ3n) is 5.64. The number of aromatic nitrogens is 2. The van der Waals surface area contributed by atoms with Crippen LogP contribution in [0.4, 0.5) is 10.6 Å². The molecule has 1 aliphatic rings. The Morgan fingerprint density at radius 1 is 1.09 bits per heavy atom. The third kappa shape index (κ3) is 4.62. The molecule has 0 bridgehead atoms. The number of fused-ring (bicyclic) bond motifs is 3. The lowest BCUT2D eigenvalue weighted by Gasteiger charge is -2.19. The van der Waals surface area contributed by atoms with E-state index < -0.39 is 24.0 Å². The van der Waals surface area contributed by atoms with Gasteiger partial charge in [-0.1, -0.05) is 48.5 Å². The number of benzene rings is 2. The molecule has 10 nitrogen and oxygen atoms in total. The first kappa shape index (κ1) is 23.0. The van der Waals surface area contributed by atoms with Crippen molar-refractivity contribution >= 4 is 23.8 Å². The first-order chi connectivity index (χ1) is 16.4. The third-order valence-corrected chi connectivity index (χ3v) is 5.64. The van der Waals surface area contributed by atoms with Crippen LogP contribution in [-0.4, -0.2) is 59.2 Å². The van der Waals surface area contributed by atoms with E-state index in [1.54, 1.807) is 0 Å². The van der Waals surface area contributed by atoms with Crippen LogP contribution in [0.1, 0.15) is 27.5 Å². The Morgan fingerprint density at radius 3 is 2.26 bits per heavy atom. The molecule has 1 aromatic heterocycles. The Labute approximate surface area is 195 Å². The second-order valence-corrected chi connectivity index (χ2v) is 7.81. The van der Waals surface area contributed by atoms with Gasteiger partial charge < -0.3 is 25.2 Å². The molecule has 0 radical (unpaired) electrons. The molecule has 3 N–H and O–H groups in total. The van der Waals surface area contributed by atoms with E-state index in [4.69, 9.17) is 14.6 Å². The number of alkyl carbamates (subject to hydrolysis) is 1. The molecule has 34 heavy (non-hydrogen) atoms. The number of rotatable bonds is 8. The van der Waals surface area contributed by atoms with Gasteiger partial charge >= 0.3 is 12.1 Å². The fourth-order valence-corrected chi connectivity index (χ4v) is 4.03. The number of carboxylic acids is 1. The summed E-state index contributed by atoms with van der Waals surface area (Å²) < 4.78 is 11.8. The van der Waals surface area contributed by atoms with Gasteiger partial charge in [0.1, 0.15) is 18.5 Å². The van der Waals surface area contributed by atoms with Crippen molar-refractivity contribution in [2.45, 2.75) is 12.0 Å². The predicted molar refractivity (Wildman–Crippen MR) is 123 cm³/mol. The van der Waals surface area contributed by atoms with Crippen LogP contribution in [0.3, 0.4) is 0 Å². The van der Waals surface area contributed by atoms with Crippen molar-refractivity contribution in [3.8, 4) is 11.1 Å². The van der Waals surface area contributed by atoms with E-state index in [2.05, 4.69) is 15.7 Å². The minimum Gasteiger partial charge on any atom is -0.476 e. The van der Waals surface area contributed by atoms with Crippen LogP contribution < -0.4 is 10.6 Å². The zero-order valence-corrected chi connectivity index (χ0v) is 18.6. The summed E-state index contributed by atoms with van der Waals surface area (Å²) in [6.45, 7) is -0.00937. The van der Waals surface area contributed by atoms with Crippen LogP contribution in [0.5, 0.6) is 0 Å². The molecule has 10 heteroatoms. The number of carbonyl (C=O) groups is 3. The first-order valence-electron chi connectivity index (χ1n) is 10.6. The van der Waals surface area contributed by atoms with Gasteiger partial charge in [-0.05, 0) is 22.3 Å². The average Bonchev–Trinajstić information content (AvgIpc) is 3.35. The highest BCUT2D eigenvalue weighted by molar-refractivity contribution is 5.97. The normalized spacial score (nSPS) is 13.0. The second-order valence-electron chi connectivity index (χ2n) is 7.81. The summed E-state index contributed by atoms with van der Waals surface area (Å²) in [7, 11) is 2.89. The zero-order valence-electron chi connectivity index (χ0n) is 18.6. The molecule has 3 aromatic rings. The van der Waals surface area contributed by atoms with Crippen molar-refractivity contribution in [2.24, 2.45) is 7.05 Å². The summed E-state index contributed by atoms with van der Waals surface area (Å²) in [5, 5.41) is 17.9. The van der Waals surface area contributed by atoms with E-state index in [1.807, 2.05) is 48.5 Å². The minimum atomic E-state index is -1.22. The fourth-order valence-electron chi connectivity index (χ4n) is 4.03. The molecule has 0 saturated carbocycles. The lowest BCUT2D eigenvalue weighted by atomic mass is 9.98. The van der Waals surface area contributed by atoms with Crippen molar-refractivity contribution in [1.29, 1.82) is 0 Å². The topological polar surface area (TPSA) is 132 Å². The quantitative estimate of drug-likeness (QED) is 0.467. The van der Waals surface area contributed by atoms with Crippen molar-refractivity contribution in [1.82, 2.24) is 15.1 Å². The fraction of sp³-hybridized carbons (Fsp3) is 0.250. The Balaban J connectivity index is 1.41. The summed E-state index contributed by atoms with van der Waals surface area (Å²) in [4.78, 5) is 36.4. The SMILES string of the molecule is COC[C@H](NC(=O)OCC1c2ccccc2-c2ccccc21)C(=O)Nc1cc(C(=O)O)nn1C. The number of carbonyl (C=O) groups excluding carboxylic acids is 2. The van der Waals surface area contributed by atoms with E-state index in [9.17, 15) is 14.4 Å². The van der Waals surface area contributed by atoms with Gasteiger partial charge in [-0.2, -0.15) is 5.10 Å². The highest BCUT2D eigenvalue weighted by atomic mass is 16.5. The number of hydrogen-bond donors (Lipinski definition) is 3. The van der Waals surface area contributed by atoms with Gasteiger partial charge in [0, 0.05) is 26.1 Å². The van der Waals surface area contributed by atoms with Crippen LogP contribution in [0, 0.1) is 0 Å². The standard InChI is InChI=1S/C24H24N4O6/c1-28-21(11-19(27-28)23(30)31)26-22(29)20(13-33-2)25-24(32)34-12-18-16-9-5-3-7-14(16)15-8-4-6-10-17(15)18/h3-11,18,20H,12-13H2,1-2H3,(H,25,32)(H,26,29)(H,30,31)/t20-/m0/s1. The van der Waals surface area contributed by atoms with Crippen LogP contribution in [0.2, 0.25) is 0 Å². The summed E-state index contributed by atoms with van der Waals surface area (Å²) >= 11 is 0. The van der Waals surface area contributed by atoms with Crippen molar-refractivity contribution in [2.75, 3.05) is 25.6 Å². The van der Waals surface area contributed by atoms with Gasteiger partial charge in [0.05, 0.1) is 6.61 Å². The van der Waals surface area contributed by atoms with Gasteiger partial charge in [0.15, 0.2) is 5.69 Å². The minimum absolute atomic E-state index is 0.102. The molecule has 176 valence electrons. The van der Waals surface area contributed by atoms with E-state index >= 15 is 0 Å². The monoisotopic (exact) mass is 464 g/mol. The molecular weight excluding hydrogens is 440 g/mol. The lowest BCUT2D eigenvalue weighted by molar-refractivity contribution is -0.119. The maximum absolute atomic E-state index is 12.7. The Bertz CT molecular complexity index is 1190. The maximum atomic E-state index is 12.7. The number of ether oxygens (including phenoxy) is 2. The van der Waals surface area contributed by atoms with Crippen LogP contribution in [-0.2, 0) is 21.3 Å². The Hall–Kier alpha value is -4.18. The van der Waals surface area contributed by atoms with E-state index in [1.165, 1.54) is 24.9 Å². The van der Waals surface area contributed by atoms with Crippen LogP contribution >= 0.6 is 0 Å². The molecular formula is C24H24N4O6. The maximum Gasteiger partial charge on any atom is 0.407 e. The largest absolute Gasteiger partial charge is 0.476 e. The number of methoxy groups -OCH3 is 1. The first-order valence-corrected chi connectivity index (χ1v) is 10.6. The van der Waals surface area contributed by atoms with Crippen LogP contribution in [0.25, 0.3) is 11.1 Å².